The number of aryl methyl sites for hydroxylation is 2. The van der Waals surface area contributed by atoms with Gasteiger partial charge in [-0.15, -0.1) is 0 Å². The molecule has 186 valence electrons. The van der Waals surface area contributed by atoms with Crippen molar-refractivity contribution < 1.29 is 13.2 Å². The first-order valence-electron chi connectivity index (χ1n) is 12.7. The lowest BCUT2D eigenvalue weighted by Crippen LogP contribution is -2.36. The molecule has 7 heteroatoms. The summed E-state index contributed by atoms with van der Waals surface area (Å²) in [6.45, 7) is 3.87. The molecule has 5 rings (SSSR count). The zero-order chi connectivity index (χ0) is 24.4. The molecule has 1 N–H and O–H groups in total. The molecule has 0 bridgehead atoms. The quantitative estimate of drug-likeness (QED) is 0.497. The van der Waals surface area contributed by atoms with Crippen molar-refractivity contribution in [3.63, 3.8) is 0 Å². The van der Waals surface area contributed by atoms with Crippen LogP contribution in [0.25, 0.3) is 10.9 Å². The largest absolute Gasteiger partial charge is 0.416 e. The summed E-state index contributed by atoms with van der Waals surface area (Å²) in [5.41, 5.74) is 3.74. The molecule has 35 heavy (non-hydrogen) atoms. The summed E-state index contributed by atoms with van der Waals surface area (Å²) < 4.78 is 41.9. The second-order valence-corrected chi connectivity index (χ2v) is 9.82. The maximum absolute atomic E-state index is 13.5. The van der Waals surface area contributed by atoms with Crippen LogP contribution in [0.5, 0.6) is 0 Å². The van der Waals surface area contributed by atoms with Gasteiger partial charge < -0.3 is 14.8 Å². The fraction of sp³-hybridized carbons (Fsp3) is 0.464. The molecule has 0 radical (unpaired) electrons. The first-order chi connectivity index (χ1) is 16.9. The predicted molar refractivity (Wildman–Crippen MR) is 133 cm³/mol. The summed E-state index contributed by atoms with van der Waals surface area (Å²) in [7, 11) is 0. The minimum atomic E-state index is -4.40. The van der Waals surface area contributed by atoms with Crippen LogP contribution in [0, 0.1) is 0 Å². The smallest absolute Gasteiger partial charge is 0.308 e. The molecule has 0 unspecified atom stereocenters. The van der Waals surface area contributed by atoms with Crippen LogP contribution >= 0.6 is 0 Å². The van der Waals surface area contributed by atoms with Gasteiger partial charge in [0.25, 0.3) is 5.56 Å². The highest BCUT2D eigenvalue weighted by Crippen LogP contribution is 2.32. The Hall–Kier alpha value is -2.64. The van der Waals surface area contributed by atoms with Gasteiger partial charge in [0.2, 0.25) is 0 Å². The Morgan fingerprint density at radius 3 is 2.31 bits per heavy atom. The van der Waals surface area contributed by atoms with Crippen molar-refractivity contribution in [1.82, 2.24) is 14.8 Å². The Bertz CT molecular complexity index is 1260. The van der Waals surface area contributed by atoms with E-state index in [2.05, 4.69) is 22.3 Å². The van der Waals surface area contributed by atoms with Gasteiger partial charge in [-0.1, -0.05) is 24.6 Å². The van der Waals surface area contributed by atoms with E-state index in [9.17, 15) is 18.0 Å². The van der Waals surface area contributed by atoms with E-state index in [1.54, 1.807) is 6.07 Å². The number of aromatic nitrogens is 1. The summed E-state index contributed by atoms with van der Waals surface area (Å²) in [6, 6.07) is 11.9. The number of likely N-dealkylation sites (tertiary alicyclic amines) is 1. The van der Waals surface area contributed by atoms with Crippen LogP contribution in [0.4, 0.5) is 13.2 Å². The molecule has 1 aliphatic heterocycles. The molecule has 1 aromatic heterocycles. The standard InChI is InChI=1S/C28H32F3N3O/c29-28(30,31)25-10-3-2-7-22(25)18-32-19-24-16-23-15-20-8-6-9-21(20)17-26(23)34(27(24)35)14-13-33-11-4-1-5-12-33/h2-3,7,10,15-17,32H,1,4-6,8-9,11-14,18-19H2. The van der Waals surface area contributed by atoms with Crippen molar-refractivity contribution in [3.8, 4) is 0 Å². The van der Waals surface area contributed by atoms with Crippen LogP contribution in [-0.2, 0) is 38.7 Å². The molecule has 2 aromatic carbocycles. The Kier molecular flexibility index (Phi) is 6.98. The van der Waals surface area contributed by atoms with E-state index in [0.29, 0.717) is 12.1 Å². The van der Waals surface area contributed by atoms with E-state index in [1.807, 2.05) is 10.6 Å². The number of hydrogen-bond acceptors (Lipinski definition) is 3. The van der Waals surface area contributed by atoms with Crippen LogP contribution in [0.15, 0.2) is 47.3 Å². The van der Waals surface area contributed by atoms with Gasteiger partial charge in [-0.2, -0.15) is 13.2 Å². The van der Waals surface area contributed by atoms with Crippen molar-refractivity contribution in [3.05, 3.63) is 80.6 Å². The number of piperidine rings is 1. The molecule has 0 atom stereocenters. The normalized spacial score (nSPS) is 16.7. The summed E-state index contributed by atoms with van der Waals surface area (Å²) in [6.07, 6.45) is 2.51. The predicted octanol–water partition coefficient (Wildman–Crippen LogP) is 5.28. The van der Waals surface area contributed by atoms with Crippen molar-refractivity contribution in [2.75, 3.05) is 19.6 Å². The third kappa shape index (κ3) is 5.31. The summed E-state index contributed by atoms with van der Waals surface area (Å²) in [5.74, 6) is 0. The Morgan fingerprint density at radius 1 is 0.829 bits per heavy atom. The van der Waals surface area contributed by atoms with Gasteiger partial charge >= 0.3 is 6.18 Å². The van der Waals surface area contributed by atoms with E-state index in [4.69, 9.17) is 0 Å². The van der Waals surface area contributed by atoms with Gasteiger partial charge in [-0.3, -0.25) is 4.79 Å². The second-order valence-electron chi connectivity index (χ2n) is 9.82. The average Bonchev–Trinajstić information content (AvgIpc) is 3.30. The van der Waals surface area contributed by atoms with Gasteiger partial charge in [0, 0.05) is 31.7 Å². The Balaban J connectivity index is 1.41. The second kappa shape index (κ2) is 10.2. The summed E-state index contributed by atoms with van der Waals surface area (Å²) in [4.78, 5) is 16.0. The molecule has 1 fully saturated rings. The monoisotopic (exact) mass is 483 g/mol. The number of hydrogen-bond donors (Lipinski definition) is 1. The van der Waals surface area contributed by atoms with Gasteiger partial charge in [-0.05, 0) is 91.5 Å². The molecule has 2 aliphatic rings. The summed E-state index contributed by atoms with van der Waals surface area (Å²) >= 11 is 0. The lowest BCUT2D eigenvalue weighted by atomic mass is 10.0. The Morgan fingerprint density at radius 2 is 1.54 bits per heavy atom. The van der Waals surface area contributed by atoms with Crippen LogP contribution in [-0.4, -0.2) is 29.1 Å². The first-order valence-corrected chi connectivity index (χ1v) is 12.7. The van der Waals surface area contributed by atoms with Gasteiger partial charge in [0.1, 0.15) is 0 Å². The van der Waals surface area contributed by atoms with E-state index in [0.717, 1.165) is 55.9 Å². The molecule has 2 heterocycles. The van der Waals surface area contributed by atoms with Crippen molar-refractivity contribution in [2.24, 2.45) is 0 Å². The van der Waals surface area contributed by atoms with Crippen LogP contribution in [0.3, 0.4) is 0 Å². The third-order valence-corrected chi connectivity index (χ3v) is 7.42. The number of benzene rings is 2. The number of rotatable bonds is 7. The zero-order valence-corrected chi connectivity index (χ0v) is 20.0. The van der Waals surface area contributed by atoms with E-state index in [1.165, 1.54) is 42.5 Å². The first kappa shape index (κ1) is 24.1. The van der Waals surface area contributed by atoms with Crippen LogP contribution in [0.2, 0.25) is 0 Å². The minimum Gasteiger partial charge on any atom is -0.308 e. The number of nitrogens with one attached hydrogen (secondary N) is 1. The fourth-order valence-corrected chi connectivity index (χ4v) is 5.57. The molecule has 0 spiro atoms. The molecule has 4 nitrogen and oxygen atoms in total. The van der Waals surface area contributed by atoms with Crippen molar-refractivity contribution in [1.29, 1.82) is 0 Å². The van der Waals surface area contributed by atoms with Crippen LogP contribution in [0.1, 0.15) is 53.5 Å². The lowest BCUT2D eigenvalue weighted by Gasteiger charge is -2.27. The number of alkyl halides is 3. The third-order valence-electron chi connectivity index (χ3n) is 7.42. The SMILES string of the molecule is O=c1c(CNCc2ccccc2C(F)(F)F)cc2cc3c(cc2n1CCN1CCCCC1)CCC3. The van der Waals surface area contributed by atoms with E-state index >= 15 is 0 Å². The van der Waals surface area contributed by atoms with Crippen molar-refractivity contribution in [2.45, 2.75) is 64.3 Å². The maximum atomic E-state index is 13.5. The average molecular weight is 484 g/mol. The van der Waals surface area contributed by atoms with Gasteiger partial charge in [-0.25, -0.2) is 0 Å². The zero-order valence-electron chi connectivity index (χ0n) is 20.0. The lowest BCUT2D eigenvalue weighted by molar-refractivity contribution is -0.138. The van der Waals surface area contributed by atoms with Gasteiger partial charge in [0.15, 0.2) is 0 Å². The molecule has 1 aliphatic carbocycles. The van der Waals surface area contributed by atoms with E-state index < -0.39 is 11.7 Å². The molecule has 1 saturated heterocycles. The maximum Gasteiger partial charge on any atom is 0.416 e. The van der Waals surface area contributed by atoms with Crippen molar-refractivity contribution >= 4 is 10.9 Å². The van der Waals surface area contributed by atoms with E-state index in [-0.39, 0.29) is 24.2 Å². The number of fused-ring (bicyclic) bond motifs is 2. The number of nitrogens with zero attached hydrogens (tertiary/aromatic N) is 2. The highest BCUT2D eigenvalue weighted by molar-refractivity contribution is 5.82. The molecule has 0 saturated carbocycles. The highest BCUT2D eigenvalue weighted by Gasteiger charge is 2.32. The number of pyridine rings is 1. The molecule has 0 amide bonds. The fourth-order valence-electron chi connectivity index (χ4n) is 5.57. The van der Waals surface area contributed by atoms with Crippen LogP contribution < -0.4 is 10.9 Å². The Labute approximate surface area is 203 Å². The molecular weight excluding hydrogens is 451 g/mol. The highest BCUT2D eigenvalue weighted by atomic mass is 19.4. The topological polar surface area (TPSA) is 37.3 Å². The molecule has 3 aromatic rings. The minimum absolute atomic E-state index is 0.0468. The molecular formula is C28H32F3N3O. The number of halogens is 3. The van der Waals surface area contributed by atoms with Gasteiger partial charge in [0.05, 0.1) is 11.1 Å². The summed E-state index contributed by atoms with van der Waals surface area (Å²) in [5, 5.41) is 4.14.